The van der Waals surface area contributed by atoms with Crippen molar-refractivity contribution in [2.45, 2.75) is 13.1 Å². The standard InChI is InChI=1S/C23H16ClF3N4O/c1-12-2-5-16(30-21(32)17-6-4-15(24)9-19(17)23(25,26)27)10-18(12)13-3-7-20-14(8-13)11-29-22(28)31-20/h2-11H,1H3,(H,30,32)(H2,28,29,31). The Kier molecular flexibility index (Phi) is 5.48. The number of alkyl halides is 3. The van der Waals surface area contributed by atoms with E-state index in [2.05, 4.69) is 15.3 Å². The molecule has 0 fully saturated rings. The van der Waals surface area contributed by atoms with Crippen LogP contribution in [0, 0.1) is 6.92 Å². The number of carbonyl (C=O) groups is 1. The molecule has 0 radical (unpaired) electrons. The van der Waals surface area contributed by atoms with Gasteiger partial charge in [-0.05, 0) is 66.1 Å². The van der Waals surface area contributed by atoms with Crippen LogP contribution < -0.4 is 11.1 Å². The predicted octanol–water partition coefficient (Wildman–Crippen LogP) is 6.11. The fraction of sp³-hybridized carbons (Fsp3) is 0.0870. The second kappa shape index (κ2) is 8.12. The van der Waals surface area contributed by atoms with E-state index in [1.54, 1.807) is 30.5 Å². The molecule has 4 rings (SSSR count). The summed E-state index contributed by atoms with van der Waals surface area (Å²) in [7, 11) is 0. The van der Waals surface area contributed by atoms with Gasteiger partial charge in [0.05, 0.1) is 16.6 Å². The average Bonchev–Trinajstić information content (AvgIpc) is 2.74. The Labute approximate surface area is 186 Å². The summed E-state index contributed by atoms with van der Waals surface area (Å²) in [6.07, 6.45) is -3.10. The van der Waals surface area contributed by atoms with Crippen molar-refractivity contribution in [2.75, 3.05) is 11.1 Å². The number of anilines is 2. The molecule has 0 aliphatic rings. The molecule has 0 bridgehead atoms. The van der Waals surface area contributed by atoms with E-state index in [4.69, 9.17) is 17.3 Å². The Balaban J connectivity index is 1.68. The van der Waals surface area contributed by atoms with Crippen LogP contribution in [0.15, 0.2) is 60.8 Å². The van der Waals surface area contributed by atoms with Gasteiger partial charge in [-0.15, -0.1) is 0 Å². The molecule has 0 atom stereocenters. The van der Waals surface area contributed by atoms with E-state index in [1.165, 1.54) is 6.07 Å². The summed E-state index contributed by atoms with van der Waals surface area (Å²) in [6, 6.07) is 13.7. The third kappa shape index (κ3) is 4.36. The van der Waals surface area contributed by atoms with Crippen molar-refractivity contribution in [2.24, 2.45) is 0 Å². The Morgan fingerprint density at radius 1 is 1.06 bits per heavy atom. The van der Waals surface area contributed by atoms with Crippen molar-refractivity contribution >= 4 is 40.0 Å². The van der Waals surface area contributed by atoms with Gasteiger partial charge in [-0.1, -0.05) is 23.7 Å². The van der Waals surface area contributed by atoms with E-state index in [-0.39, 0.29) is 11.0 Å². The van der Waals surface area contributed by atoms with Gasteiger partial charge in [-0.3, -0.25) is 4.79 Å². The Morgan fingerprint density at radius 2 is 1.84 bits per heavy atom. The quantitative estimate of drug-likeness (QED) is 0.389. The maximum atomic E-state index is 13.4. The number of halogens is 4. The number of nitrogens with two attached hydrogens (primary N) is 1. The van der Waals surface area contributed by atoms with Crippen LogP contribution in [0.4, 0.5) is 24.8 Å². The Hall–Kier alpha value is -3.65. The molecule has 5 nitrogen and oxygen atoms in total. The van der Waals surface area contributed by atoms with E-state index < -0.39 is 23.2 Å². The van der Waals surface area contributed by atoms with E-state index in [0.29, 0.717) is 11.2 Å². The van der Waals surface area contributed by atoms with Crippen LogP contribution in [0.25, 0.3) is 22.0 Å². The fourth-order valence-electron chi connectivity index (χ4n) is 3.37. The first-order chi connectivity index (χ1) is 15.1. The number of nitrogens with zero attached hydrogens (tertiary/aromatic N) is 2. The lowest BCUT2D eigenvalue weighted by molar-refractivity contribution is -0.137. The van der Waals surface area contributed by atoms with Crippen LogP contribution in [0.5, 0.6) is 0 Å². The van der Waals surface area contributed by atoms with E-state index >= 15 is 0 Å². The number of hydrogen-bond acceptors (Lipinski definition) is 4. The lowest BCUT2D eigenvalue weighted by atomic mass is 9.98. The first kappa shape index (κ1) is 21.6. The SMILES string of the molecule is Cc1ccc(NC(=O)c2ccc(Cl)cc2C(F)(F)F)cc1-c1ccc2nc(N)ncc2c1. The third-order valence-corrected chi connectivity index (χ3v) is 5.17. The molecule has 162 valence electrons. The molecule has 0 spiro atoms. The largest absolute Gasteiger partial charge is 0.417 e. The minimum atomic E-state index is -4.72. The number of hydrogen-bond donors (Lipinski definition) is 2. The number of carbonyl (C=O) groups excluding carboxylic acids is 1. The number of nitrogens with one attached hydrogen (secondary N) is 1. The monoisotopic (exact) mass is 456 g/mol. The number of amides is 1. The van der Waals surface area contributed by atoms with Gasteiger partial charge in [0.1, 0.15) is 0 Å². The Morgan fingerprint density at radius 3 is 2.59 bits per heavy atom. The highest BCUT2D eigenvalue weighted by Crippen LogP contribution is 2.35. The van der Waals surface area contributed by atoms with Gasteiger partial charge in [0.2, 0.25) is 5.95 Å². The van der Waals surface area contributed by atoms with Crippen molar-refractivity contribution < 1.29 is 18.0 Å². The van der Waals surface area contributed by atoms with Crippen LogP contribution in [0.1, 0.15) is 21.5 Å². The zero-order valence-corrected chi connectivity index (χ0v) is 17.4. The van der Waals surface area contributed by atoms with Crippen molar-refractivity contribution in [3.8, 4) is 11.1 Å². The second-order valence-corrected chi connectivity index (χ2v) is 7.61. The summed E-state index contributed by atoms with van der Waals surface area (Å²) in [5, 5.41) is 3.22. The second-order valence-electron chi connectivity index (χ2n) is 7.17. The number of aromatic nitrogens is 2. The fourth-order valence-corrected chi connectivity index (χ4v) is 3.55. The minimum absolute atomic E-state index is 0.103. The third-order valence-electron chi connectivity index (χ3n) is 4.94. The van der Waals surface area contributed by atoms with Crippen LogP contribution >= 0.6 is 11.6 Å². The van der Waals surface area contributed by atoms with Gasteiger partial charge in [-0.2, -0.15) is 13.2 Å². The molecule has 3 N–H and O–H groups in total. The highest BCUT2D eigenvalue weighted by Gasteiger charge is 2.35. The van der Waals surface area contributed by atoms with Gasteiger partial charge in [0, 0.05) is 22.3 Å². The topological polar surface area (TPSA) is 80.9 Å². The minimum Gasteiger partial charge on any atom is -0.368 e. The molecule has 0 aliphatic heterocycles. The summed E-state index contributed by atoms with van der Waals surface area (Å²) in [4.78, 5) is 20.8. The number of nitrogen functional groups attached to an aromatic ring is 1. The average molecular weight is 457 g/mol. The molecular formula is C23H16ClF3N4O. The lowest BCUT2D eigenvalue weighted by Gasteiger charge is -2.15. The molecule has 32 heavy (non-hydrogen) atoms. The van der Waals surface area contributed by atoms with Crippen LogP contribution in [-0.2, 0) is 6.18 Å². The normalized spacial score (nSPS) is 11.5. The van der Waals surface area contributed by atoms with Crippen LogP contribution in [0.2, 0.25) is 5.02 Å². The molecule has 9 heteroatoms. The number of aryl methyl sites for hydroxylation is 1. The van der Waals surface area contributed by atoms with Gasteiger partial charge in [0.15, 0.2) is 0 Å². The summed E-state index contributed by atoms with van der Waals surface area (Å²) >= 11 is 5.70. The molecule has 0 aliphatic carbocycles. The molecule has 0 saturated heterocycles. The zero-order valence-electron chi connectivity index (χ0n) is 16.7. The first-order valence-electron chi connectivity index (χ1n) is 9.43. The predicted molar refractivity (Wildman–Crippen MR) is 119 cm³/mol. The molecule has 0 unspecified atom stereocenters. The van der Waals surface area contributed by atoms with Crippen LogP contribution in [0.3, 0.4) is 0 Å². The molecule has 1 heterocycles. The van der Waals surface area contributed by atoms with Gasteiger partial charge in [0.25, 0.3) is 5.91 Å². The Bertz CT molecular complexity index is 1360. The molecular weight excluding hydrogens is 441 g/mol. The van der Waals surface area contributed by atoms with E-state index in [9.17, 15) is 18.0 Å². The smallest absolute Gasteiger partial charge is 0.368 e. The summed E-state index contributed by atoms with van der Waals surface area (Å²) < 4.78 is 40.1. The number of benzene rings is 3. The molecule has 0 saturated carbocycles. The van der Waals surface area contributed by atoms with Gasteiger partial charge < -0.3 is 11.1 Å². The lowest BCUT2D eigenvalue weighted by Crippen LogP contribution is -2.18. The van der Waals surface area contributed by atoms with Crippen molar-refractivity contribution in [3.63, 3.8) is 0 Å². The molecule has 3 aromatic carbocycles. The summed E-state index contributed by atoms with van der Waals surface area (Å²) in [5.41, 5.74) is 7.61. The molecule has 1 amide bonds. The zero-order chi connectivity index (χ0) is 23.0. The van der Waals surface area contributed by atoms with Crippen molar-refractivity contribution in [1.82, 2.24) is 9.97 Å². The summed E-state index contributed by atoms with van der Waals surface area (Å²) in [5.74, 6) is -0.710. The molecule has 4 aromatic rings. The highest BCUT2D eigenvalue weighted by atomic mass is 35.5. The maximum Gasteiger partial charge on any atom is 0.417 e. The first-order valence-corrected chi connectivity index (χ1v) is 9.81. The van der Waals surface area contributed by atoms with Crippen molar-refractivity contribution in [3.05, 3.63) is 82.5 Å². The van der Waals surface area contributed by atoms with E-state index in [0.717, 1.165) is 34.2 Å². The van der Waals surface area contributed by atoms with Crippen molar-refractivity contribution in [1.29, 1.82) is 0 Å². The van der Waals surface area contributed by atoms with E-state index in [1.807, 2.05) is 19.1 Å². The molecule has 1 aromatic heterocycles. The number of rotatable bonds is 3. The maximum absolute atomic E-state index is 13.4. The van der Waals surface area contributed by atoms with Gasteiger partial charge >= 0.3 is 6.18 Å². The number of fused-ring (bicyclic) bond motifs is 1. The van der Waals surface area contributed by atoms with Crippen LogP contribution in [-0.4, -0.2) is 15.9 Å². The highest BCUT2D eigenvalue weighted by molar-refractivity contribution is 6.30. The summed E-state index contributed by atoms with van der Waals surface area (Å²) in [6.45, 7) is 1.89. The van der Waals surface area contributed by atoms with Gasteiger partial charge in [-0.25, -0.2) is 9.97 Å².